The molecule has 3 saturated carbocycles. The molecule has 212 valence electrons. The number of hydrogen-bond donors (Lipinski definition) is 1. The van der Waals surface area contributed by atoms with Crippen molar-refractivity contribution in [1.82, 2.24) is 9.29 Å². The van der Waals surface area contributed by atoms with Crippen molar-refractivity contribution < 1.29 is 23.1 Å². The monoisotopic (exact) mass is 563 g/mol. The highest BCUT2D eigenvalue weighted by Crippen LogP contribution is 3.00. The molecule has 0 radical (unpaired) electrons. The summed E-state index contributed by atoms with van der Waals surface area (Å²) in [5.41, 5.74) is 3.54. The number of carbonyl (C=O) groups is 1. The molecule has 40 heavy (non-hydrogen) atoms. The van der Waals surface area contributed by atoms with Crippen molar-refractivity contribution >= 4 is 16.7 Å². The number of oxazole rings is 1. The van der Waals surface area contributed by atoms with Crippen molar-refractivity contribution in [3.63, 3.8) is 0 Å². The summed E-state index contributed by atoms with van der Waals surface area (Å²) in [6.07, 6.45) is 13.9. The van der Waals surface area contributed by atoms with E-state index < -0.39 is 10.8 Å². The summed E-state index contributed by atoms with van der Waals surface area (Å²) in [5, 5.41) is 0. The number of nitrogens with zero attached hydrogens (tertiary/aromatic N) is 2. The Balaban J connectivity index is 0.931. The van der Waals surface area contributed by atoms with Crippen LogP contribution in [0.3, 0.4) is 0 Å². The van der Waals surface area contributed by atoms with Gasteiger partial charge >= 0.3 is 0 Å². The quantitative estimate of drug-likeness (QED) is 0.319. The first-order valence-electron chi connectivity index (χ1n) is 14.4. The molecule has 7 rings (SSSR count). The maximum atomic E-state index is 13.3. The summed E-state index contributed by atoms with van der Waals surface area (Å²) < 4.78 is 33.3. The Morgan fingerprint density at radius 3 is 2.90 bits per heavy atom. The third kappa shape index (κ3) is 3.76. The number of ether oxygens (including phenoxy) is 1. The second-order valence-electron chi connectivity index (χ2n) is 12.8. The molecule has 2 aromatic rings. The van der Waals surface area contributed by atoms with Gasteiger partial charge in [0.1, 0.15) is 11.5 Å². The second kappa shape index (κ2) is 8.92. The van der Waals surface area contributed by atoms with Crippen LogP contribution in [0.4, 0.5) is 0 Å². The molecule has 6 atom stereocenters. The number of aryl methyl sites for hydroxylation is 1. The van der Waals surface area contributed by atoms with Gasteiger partial charge in [-0.2, -0.15) is 4.31 Å². The summed E-state index contributed by atoms with van der Waals surface area (Å²) in [6.45, 7) is 7.13. The molecule has 3 N–H and O–H groups in total. The summed E-state index contributed by atoms with van der Waals surface area (Å²) in [4.78, 5) is 17.9. The number of rotatable bonds is 8. The molecule has 1 saturated heterocycles. The molecule has 2 heterocycles. The molecule has 1 aromatic heterocycles. The molecule has 0 bridgehead atoms. The lowest BCUT2D eigenvalue weighted by Crippen LogP contribution is -2.38. The fourth-order valence-corrected chi connectivity index (χ4v) is 11.1. The van der Waals surface area contributed by atoms with Gasteiger partial charge in [0, 0.05) is 23.5 Å². The van der Waals surface area contributed by atoms with Crippen LogP contribution in [0.5, 0.6) is 0 Å². The first kappa shape index (κ1) is 26.3. The molecule has 1 aliphatic heterocycles. The van der Waals surface area contributed by atoms with Crippen molar-refractivity contribution in [2.45, 2.75) is 65.0 Å². The molecule has 2 spiro atoms. The van der Waals surface area contributed by atoms with Gasteiger partial charge in [-0.3, -0.25) is 4.79 Å². The lowest BCUT2D eigenvalue weighted by Gasteiger charge is -2.35. The zero-order valence-corrected chi connectivity index (χ0v) is 24.2. The molecule has 1 aromatic carbocycles. The van der Waals surface area contributed by atoms with E-state index in [1.54, 1.807) is 10.4 Å². The zero-order valence-electron chi connectivity index (χ0n) is 23.4. The first-order chi connectivity index (χ1) is 19.1. The van der Waals surface area contributed by atoms with Crippen LogP contribution in [-0.4, -0.2) is 48.8 Å². The molecular formula is C32H39N2O5S+. The van der Waals surface area contributed by atoms with Gasteiger partial charge in [-0.15, -0.1) is 0 Å². The highest BCUT2D eigenvalue weighted by Gasteiger charge is 2.98. The van der Waals surface area contributed by atoms with E-state index in [-0.39, 0.29) is 28.9 Å². The van der Waals surface area contributed by atoms with Crippen molar-refractivity contribution in [1.29, 1.82) is 0 Å². The van der Waals surface area contributed by atoms with Crippen LogP contribution in [0.15, 0.2) is 70.7 Å². The Morgan fingerprint density at radius 1 is 1.32 bits per heavy atom. The van der Waals surface area contributed by atoms with E-state index in [4.69, 9.17) is 13.7 Å². The maximum absolute atomic E-state index is 13.3. The van der Waals surface area contributed by atoms with E-state index >= 15 is 0 Å². The number of allylic oxidation sites excluding steroid dienone is 3. The number of amides is 1. The van der Waals surface area contributed by atoms with E-state index in [1.165, 1.54) is 0 Å². The molecule has 8 heteroatoms. The largest absolute Gasteiger partial charge is 0.441 e. The first-order valence-corrected chi connectivity index (χ1v) is 16.1. The van der Waals surface area contributed by atoms with Crippen LogP contribution >= 0.6 is 10.8 Å². The van der Waals surface area contributed by atoms with Gasteiger partial charge in [0.2, 0.25) is 5.89 Å². The summed E-state index contributed by atoms with van der Waals surface area (Å²) in [5.74, 6) is 2.35. The van der Waals surface area contributed by atoms with Crippen molar-refractivity contribution in [2.24, 2.45) is 22.2 Å². The molecule has 4 aliphatic carbocycles. The Bertz CT molecular complexity index is 1440. The molecule has 5 aliphatic rings. The van der Waals surface area contributed by atoms with Crippen molar-refractivity contribution in [3.8, 4) is 11.5 Å². The standard InChI is InChI=1S/C32H38N2O5S/c1-21-25(33-29(39-21)23-11-5-4-6-12-23)15-16-38-24-13-7-9-22(17-24)10-8-14-28(35)34-27-18-26-30(2,3)32(26)19-31(27,32)20-40(34,36)37/h4-9,11-12,14,17,24,26-27,36-37H,10,13,15-16,18-20H2,1-3H3/p+1/b14-8-/t24?,26?,27?,31-,32?/m1/s1. The normalized spacial score (nSPS) is 38.0. The number of carbonyl (C=O) groups excluding carboxylic acids is 1. The lowest BCUT2D eigenvalue weighted by atomic mass is 9.89. The number of benzene rings is 1. The minimum atomic E-state index is -2.82. The minimum absolute atomic E-state index is 0.0106. The average molecular weight is 564 g/mol. The Hall–Kier alpha value is -2.65. The van der Waals surface area contributed by atoms with E-state index in [1.807, 2.05) is 43.3 Å². The van der Waals surface area contributed by atoms with Gasteiger partial charge in [-0.05, 0) is 77.8 Å². The van der Waals surface area contributed by atoms with Crippen LogP contribution < -0.4 is 0 Å². The molecule has 5 unspecified atom stereocenters. The molecule has 1 amide bonds. The van der Waals surface area contributed by atoms with Crippen molar-refractivity contribution in [3.05, 3.63) is 77.7 Å². The van der Waals surface area contributed by atoms with Gasteiger partial charge in [-0.25, -0.2) is 9.54 Å². The van der Waals surface area contributed by atoms with Gasteiger partial charge < -0.3 is 13.7 Å². The van der Waals surface area contributed by atoms with Crippen molar-refractivity contribution in [2.75, 3.05) is 12.4 Å². The highest BCUT2D eigenvalue weighted by molar-refractivity contribution is 8.22. The fraction of sp³-hybridized carbons (Fsp3) is 0.500. The van der Waals surface area contributed by atoms with Crippen LogP contribution in [0.1, 0.15) is 51.0 Å². The molecular weight excluding hydrogens is 524 g/mol. The van der Waals surface area contributed by atoms with E-state index in [2.05, 4.69) is 37.1 Å². The molecule has 4 fully saturated rings. The maximum Gasteiger partial charge on any atom is 0.267 e. The van der Waals surface area contributed by atoms with Gasteiger partial charge in [-0.1, -0.05) is 56.4 Å². The third-order valence-electron chi connectivity index (χ3n) is 10.6. The van der Waals surface area contributed by atoms with Gasteiger partial charge in [0.15, 0.2) is 0 Å². The summed E-state index contributed by atoms with van der Waals surface area (Å²) in [7, 11) is -2.82. The zero-order chi connectivity index (χ0) is 27.9. The highest BCUT2D eigenvalue weighted by atomic mass is 32.3. The summed E-state index contributed by atoms with van der Waals surface area (Å²) in [6, 6.07) is 9.93. The second-order valence-corrected chi connectivity index (χ2v) is 14.9. The average Bonchev–Trinajstić information content (AvgIpc) is 3.47. The SMILES string of the molecule is Cc1oc(-c2ccccc2)nc1CCOC1C=C(C/C=C\C(=O)N2C3CC4C(C)(C)C45C[C@@]35CS2(O)[OH2+])C=CC1. The minimum Gasteiger partial charge on any atom is -0.441 e. The predicted octanol–water partition coefficient (Wildman–Crippen LogP) is 5.89. The third-order valence-corrected chi connectivity index (χ3v) is 12.6. The van der Waals surface area contributed by atoms with Crippen LogP contribution in [0.25, 0.3) is 11.5 Å². The number of aromatic nitrogens is 1. The fourth-order valence-electron chi connectivity index (χ4n) is 8.67. The van der Waals surface area contributed by atoms with Crippen LogP contribution in [-0.2, 0) is 16.0 Å². The number of hydrogen-bond acceptors (Lipinski definition) is 5. The summed E-state index contributed by atoms with van der Waals surface area (Å²) >= 11 is 0. The van der Waals surface area contributed by atoms with Gasteiger partial charge in [0.05, 0.1) is 24.4 Å². The van der Waals surface area contributed by atoms with E-state index in [9.17, 15) is 9.35 Å². The van der Waals surface area contributed by atoms with Crippen LogP contribution in [0, 0.1) is 29.1 Å². The Labute approximate surface area is 237 Å². The van der Waals surface area contributed by atoms with Crippen LogP contribution in [0.2, 0.25) is 0 Å². The predicted molar refractivity (Wildman–Crippen MR) is 156 cm³/mol. The smallest absolute Gasteiger partial charge is 0.267 e. The Kier molecular flexibility index (Phi) is 5.86. The molecule has 7 nitrogen and oxygen atoms in total. The van der Waals surface area contributed by atoms with Gasteiger partial charge in [0.25, 0.3) is 5.91 Å². The topological polar surface area (TPSA) is 98.7 Å². The lowest BCUT2D eigenvalue weighted by molar-refractivity contribution is -0.123. The van der Waals surface area contributed by atoms with E-state index in [0.717, 1.165) is 41.9 Å². The van der Waals surface area contributed by atoms with E-state index in [0.29, 0.717) is 42.4 Å². The Morgan fingerprint density at radius 2 is 2.12 bits per heavy atom.